The van der Waals surface area contributed by atoms with Gasteiger partial charge in [0.25, 0.3) is 0 Å². The van der Waals surface area contributed by atoms with Gasteiger partial charge in [-0.05, 0) is 24.1 Å². The molecule has 0 fully saturated rings. The number of carbonyl (C=O) groups is 2. The van der Waals surface area contributed by atoms with Crippen molar-refractivity contribution in [3.8, 4) is 11.5 Å². The Morgan fingerprint density at radius 3 is 2.81 bits per heavy atom. The summed E-state index contributed by atoms with van der Waals surface area (Å²) in [5, 5.41) is 9.42. The smallest absolute Gasteiger partial charge is 0.220 e. The van der Waals surface area contributed by atoms with Crippen molar-refractivity contribution in [2.45, 2.75) is 6.42 Å². The van der Waals surface area contributed by atoms with Crippen molar-refractivity contribution < 1.29 is 24.2 Å². The first-order valence-electron chi connectivity index (χ1n) is 6.59. The summed E-state index contributed by atoms with van der Waals surface area (Å²) in [4.78, 5) is 23.9. The molecule has 21 heavy (non-hydrogen) atoms. The van der Waals surface area contributed by atoms with E-state index in [1.807, 2.05) is 0 Å². The summed E-state index contributed by atoms with van der Waals surface area (Å²) in [6.07, 6.45) is 3.15. The van der Waals surface area contributed by atoms with Crippen LogP contribution in [-0.2, 0) is 20.7 Å². The van der Waals surface area contributed by atoms with E-state index in [4.69, 9.17) is 9.47 Å². The van der Waals surface area contributed by atoms with Crippen molar-refractivity contribution in [1.82, 2.24) is 0 Å². The van der Waals surface area contributed by atoms with Crippen molar-refractivity contribution in [3.63, 3.8) is 0 Å². The first kappa shape index (κ1) is 13.4. The molecule has 0 radical (unpaired) electrons. The number of aromatic hydroxyl groups is 1. The lowest BCUT2D eigenvalue weighted by atomic mass is 9.85. The van der Waals surface area contributed by atoms with Gasteiger partial charge in [-0.15, -0.1) is 0 Å². The molecule has 0 unspecified atom stereocenters. The van der Waals surface area contributed by atoms with Gasteiger partial charge in [0.2, 0.25) is 5.78 Å². The first-order valence-corrected chi connectivity index (χ1v) is 6.59. The summed E-state index contributed by atoms with van der Waals surface area (Å²) in [7, 11) is 1.36. The van der Waals surface area contributed by atoms with Crippen LogP contribution in [0.25, 0.3) is 0 Å². The Balaban J connectivity index is 1.85. The van der Waals surface area contributed by atoms with Gasteiger partial charge in [-0.25, -0.2) is 0 Å². The van der Waals surface area contributed by atoms with Gasteiger partial charge in [-0.1, -0.05) is 6.07 Å². The molecule has 3 rings (SSSR count). The zero-order chi connectivity index (χ0) is 15.0. The minimum atomic E-state index is -0.302. The average molecular weight is 286 g/mol. The standard InChI is InChI=1S/C16H14O5/c1-20-16-7-13(18)12(6-14(16)19)10-4-9-2-3-11(17)5-15(9)21-8-10/h2-3,5-7,10,17H,4,8H2,1H3/t10-/m1/s1. The molecule has 0 saturated carbocycles. The van der Waals surface area contributed by atoms with Gasteiger partial charge in [0, 0.05) is 23.6 Å². The highest BCUT2D eigenvalue weighted by molar-refractivity contribution is 6.19. The van der Waals surface area contributed by atoms with E-state index in [1.54, 1.807) is 18.2 Å². The molecule has 1 atom stereocenters. The molecule has 0 spiro atoms. The van der Waals surface area contributed by atoms with Gasteiger partial charge < -0.3 is 14.6 Å². The third kappa shape index (κ3) is 2.42. The van der Waals surface area contributed by atoms with Crippen LogP contribution in [-0.4, -0.2) is 30.4 Å². The van der Waals surface area contributed by atoms with Crippen LogP contribution in [0.1, 0.15) is 5.56 Å². The number of methoxy groups -OCH3 is 1. The fourth-order valence-electron chi connectivity index (χ4n) is 2.60. The number of phenolic OH excluding ortho intramolecular Hbond substituents is 1. The highest BCUT2D eigenvalue weighted by Crippen LogP contribution is 2.34. The lowest BCUT2D eigenvalue weighted by Crippen LogP contribution is -2.28. The number of ketones is 2. The summed E-state index contributed by atoms with van der Waals surface area (Å²) in [6.45, 7) is 0.303. The van der Waals surface area contributed by atoms with E-state index in [2.05, 4.69) is 0 Å². The van der Waals surface area contributed by atoms with E-state index in [1.165, 1.54) is 19.3 Å². The number of hydrogen-bond donors (Lipinski definition) is 1. The van der Waals surface area contributed by atoms with Crippen LogP contribution >= 0.6 is 0 Å². The molecular weight excluding hydrogens is 272 g/mol. The molecule has 1 aliphatic carbocycles. The van der Waals surface area contributed by atoms with E-state index in [0.717, 1.165) is 5.56 Å². The van der Waals surface area contributed by atoms with Gasteiger partial charge in [0.15, 0.2) is 11.5 Å². The molecule has 0 saturated heterocycles. The highest BCUT2D eigenvalue weighted by Gasteiger charge is 2.30. The fourth-order valence-corrected chi connectivity index (χ4v) is 2.60. The maximum atomic E-state index is 12.1. The van der Waals surface area contributed by atoms with Crippen LogP contribution in [0.5, 0.6) is 11.5 Å². The van der Waals surface area contributed by atoms with E-state index < -0.39 is 0 Å². The van der Waals surface area contributed by atoms with Crippen molar-refractivity contribution in [1.29, 1.82) is 0 Å². The molecule has 1 aromatic carbocycles. The van der Waals surface area contributed by atoms with Crippen molar-refractivity contribution >= 4 is 11.6 Å². The van der Waals surface area contributed by atoms with Crippen LogP contribution in [0.2, 0.25) is 0 Å². The minimum Gasteiger partial charge on any atom is -0.508 e. The van der Waals surface area contributed by atoms with Crippen LogP contribution < -0.4 is 4.74 Å². The molecule has 0 bridgehead atoms. The Morgan fingerprint density at radius 1 is 1.24 bits per heavy atom. The zero-order valence-electron chi connectivity index (χ0n) is 11.5. The summed E-state index contributed by atoms with van der Waals surface area (Å²) < 4.78 is 10.5. The molecule has 5 nitrogen and oxygen atoms in total. The van der Waals surface area contributed by atoms with Crippen molar-refractivity contribution in [2.24, 2.45) is 5.92 Å². The molecule has 1 aromatic rings. The molecule has 108 valence electrons. The second-order valence-corrected chi connectivity index (χ2v) is 5.04. The number of phenols is 1. The van der Waals surface area contributed by atoms with Crippen molar-refractivity contribution in [3.05, 3.63) is 47.2 Å². The zero-order valence-corrected chi connectivity index (χ0v) is 11.5. The molecule has 1 aliphatic heterocycles. The minimum absolute atomic E-state index is 0.0609. The SMILES string of the molecule is COC1=CC(=O)C([C@H]2COc3cc(O)ccc3C2)=CC1=O. The lowest BCUT2D eigenvalue weighted by Gasteiger charge is -2.27. The number of hydrogen-bond acceptors (Lipinski definition) is 5. The largest absolute Gasteiger partial charge is 0.508 e. The monoisotopic (exact) mass is 286 g/mol. The lowest BCUT2D eigenvalue weighted by molar-refractivity contribution is -0.117. The van der Waals surface area contributed by atoms with Crippen LogP contribution in [0.4, 0.5) is 0 Å². The van der Waals surface area contributed by atoms with E-state index >= 15 is 0 Å². The normalized spacial score (nSPS) is 21.1. The summed E-state index contributed by atoms with van der Waals surface area (Å²) in [5.74, 6) is 0.127. The fraction of sp³-hybridized carbons (Fsp3) is 0.250. The number of allylic oxidation sites excluding steroid dienone is 2. The second kappa shape index (κ2) is 5.09. The molecule has 2 aliphatic rings. The van der Waals surface area contributed by atoms with E-state index in [-0.39, 0.29) is 29.0 Å². The Hall–Kier alpha value is -2.56. The molecule has 0 aromatic heterocycles. The number of rotatable bonds is 2. The predicted molar refractivity (Wildman–Crippen MR) is 74.0 cm³/mol. The van der Waals surface area contributed by atoms with Gasteiger partial charge in [-0.3, -0.25) is 9.59 Å². The quantitative estimate of drug-likeness (QED) is 0.835. The van der Waals surface area contributed by atoms with Crippen LogP contribution in [0.15, 0.2) is 41.7 Å². The molecule has 5 heteroatoms. The van der Waals surface area contributed by atoms with Crippen LogP contribution in [0.3, 0.4) is 0 Å². The summed E-state index contributed by atoms with van der Waals surface area (Å²) in [5.41, 5.74) is 1.35. The Kier molecular flexibility index (Phi) is 3.25. The highest BCUT2D eigenvalue weighted by atomic mass is 16.5. The molecule has 0 amide bonds. The van der Waals surface area contributed by atoms with Gasteiger partial charge in [0.1, 0.15) is 11.5 Å². The second-order valence-electron chi connectivity index (χ2n) is 5.04. The predicted octanol–water partition coefficient (Wildman–Crippen LogP) is 1.55. The number of fused-ring (bicyclic) bond motifs is 1. The number of benzene rings is 1. The summed E-state index contributed by atoms with van der Waals surface area (Å²) in [6, 6.07) is 4.90. The summed E-state index contributed by atoms with van der Waals surface area (Å²) >= 11 is 0. The Bertz CT molecular complexity index is 684. The van der Waals surface area contributed by atoms with E-state index in [0.29, 0.717) is 24.4 Å². The average Bonchev–Trinajstić information content (AvgIpc) is 2.48. The van der Waals surface area contributed by atoms with Gasteiger partial charge in [0.05, 0.1) is 13.7 Å². The third-order valence-electron chi connectivity index (χ3n) is 3.69. The van der Waals surface area contributed by atoms with Crippen LogP contribution in [0, 0.1) is 5.92 Å². The van der Waals surface area contributed by atoms with Gasteiger partial charge in [-0.2, -0.15) is 0 Å². The number of ether oxygens (including phenoxy) is 2. The topological polar surface area (TPSA) is 72.8 Å². The molecular formula is C16H14O5. The maximum absolute atomic E-state index is 12.1. The van der Waals surface area contributed by atoms with Gasteiger partial charge >= 0.3 is 0 Å². The van der Waals surface area contributed by atoms with Crippen molar-refractivity contribution in [2.75, 3.05) is 13.7 Å². The maximum Gasteiger partial charge on any atom is 0.220 e. The molecule has 1 heterocycles. The molecule has 1 N–H and O–H groups in total. The number of carbonyl (C=O) groups excluding carboxylic acids is 2. The Labute approximate surface area is 121 Å². The van der Waals surface area contributed by atoms with E-state index in [9.17, 15) is 14.7 Å². The third-order valence-corrected chi connectivity index (χ3v) is 3.69. The first-order chi connectivity index (χ1) is 10.1. The Morgan fingerprint density at radius 2 is 2.05 bits per heavy atom.